The molecule has 11 nitrogen and oxygen atoms in total. The van der Waals surface area contributed by atoms with Crippen LogP contribution in [0.4, 0.5) is 0 Å². The molecular weight excluding hydrogens is 637 g/mol. The van der Waals surface area contributed by atoms with Gasteiger partial charge in [-0.2, -0.15) is 0 Å². The Morgan fingerprint density at radius 1 is 0.667 bits per heavy atom. The van der Waals surface area contributed by atoms with Gasteiger partial charge in [-0.25, -0.2) is 9.36 Å². The Hall–Kier alpha value is -2.04. The van der Waals surface area contributed by atoms with E-state index >= 15 is 0 Å². The van der Waals surface area contributed by atoms with Crippen LogP contribution >= 0.6 is 7.82 Å². The molecule has 3 unspecified atom stereocenters. The van der Waals surface area contributed by atoms with Crippen molar-refractivity contribution in [2.75, 3.05) is 19.8 Å². The fourth-order valence-corrected chi connectivity index (χ4v) is 5.59. The van der Waals surface area contributed by atoms with Crippen LogP contribution in [0.1, 0.15) is 155 Å². The van der Waals surface area contributed by atoms with Gasteiger partial charge in [-0.3, -0.25) is 18.6 Å². The standard InChI is InChI=1S/C36H66NO10P/c1-3-5-7-9-11-12-13-14-15-16-17-18-19-20-21-22-24-26-28-35(40)45-29-32(38)30-46-48(43,44)47-31-33(36(41)42)37-34(39)27-25-23-10-8-6-4-2/h12-13,15-16,32-33,38H,3-11,14,17-31H2,1-2H3,(H,37,39)(H,41,42)(H,43,44)/b13-12-,16-15-. The number of carbonyl (C=O) groups is 3. The van der Waals surface area contributed by atoms with Gasteiger partial charge in [0.15, 0.2) is 6.04 Å². The number of amides is 1. The van der Waals surface area contributed by atoms with Crippen LogP contribution < -0.4 is 5.32 Å². The molecule has 0 saturated heterocycles. The molecule has 0 fully saturated rings. The number of hydrogen-bond acceptors (Lipinski definition) is 8. The van der Waals surface area contributed by atoms with Crippen molar-refractivity contribution in [2.45, 2.75) is 167 Å². The highest BCUT2D eigenvalue weighted by Gasteiger charge is 2.28. The molecule has 280 valence electrons. The Morgan fingerprint density at radius 3 is 1.71 bits per heavy atom. The summed E-state index contributed by atoms with van der Waals surface area (Å²) in [5.41, 5.74) is 0. The molecule has 3 atom stereocenters. The van der Waals surface area contributed by atoms with Gasteiger partial charge in [-0.05, 0) is 44.9 Å². The lowest BCUT2D eigenvalue weighted by Crippen LogP contribution is -2.43. The van der Waals surface area contributed by atoms with Crippen molar-refractivity contribution in [3.63, 3.8) is 0 Å². The van der Waals surface area contributed by atoms with Crippen LogP contribution in [0.3, 0.4) is 0 Å². The summed E-state index contributed by atoms with van der Waals surface area (Å²) in [6, 6.07) is -1.54. The van der Waals surface area contributed by atoms with Crippen molar-refractivity contribution in [1.29, 1.82) is 0 Å². The number of phosphoric acid groups is 1. The van der Waals surface area contributed by atoms with Crippen LogP contribution in [0.15, 0.2) is 24.3 Å². The number of allylic oxidation sites excluding steroid dienone is 4. The van der Waals surface area contributed by atoms with Gasteiger partial charge in [0.25, 0.3) is 0 Å². The van der Waals surface area contributed by atoms with Crippen LogP contribution in [-0.2, 0) is 32.7 Å². The summed E-state index contributed by atoms with van der Waals surface area (Å²) in [7, 11) is -4.74. The minimum Gasteiger partial charge on any atom is -0.480 e. The minimum absolute atomic E-state index is 0.143. The van der Waals surface area contributed by atoms with Crippen molar-refractivity contribution < 1.29 is 47.8 Å². The highest BCUT2D eigenvalue weighted by atomic mass is 31.2. The van der Waals surface area contributed by atoms with Crippen LogP contribution in [0.5, 0.6) is 0 Å². The van der Waals surface area contributed by atoms with Gasteiger partial charge in [0.2, 0.25) is 5.91 Å². The normalized spacial score (nSPS) is 14.2. The van der Waals surface area contributed by atoms with Gasteiger partial charge in [0.1, 0.15) is 12.7 Å². The number of carboxylic acids is 1. The number of rotatable bonds is 34. The van der Waals surface area contributed by atoms with Crippen LogP contribution in [0, 0.1) is 0 Å². The number of ether oxygens (including phenoxy) is 1. The first-order valence-electron chi connectivity index (χ1n) is 18.4. The van der Waals surface area contributed by atoms with Gasteiger partial charge in [0, 0.05) is 12.8 Å². The van der Waals surface area contributed by atoms with Crippen LogP contribution in [0.2, 0.25) is 0 Å². The molecule has 4 N–H and O–H groups in total. The van der Waals surface area contributed by atoms with Crippen molar-refractivity contribution in [3.05, 3.63) is 24.3 Å². The number of aliphatic hydroxyl groups is 1. The van der Waals surface area contributed by atoms with Crippen LogP contribution in [0.25, 0.3) is 0 Å². The molecular formula is C36H66NO10P. The maximum atomic E-state index is 12.1. The Morgan fingerprint density at radius 2 is 1.15 bits per heavy atom. The number of hydrogen-bond donors (Lipinski definition) is 4. The molecule has 0 aromatic carbocycles. The molecule has 0 aliphatic rings. The SMILES string of the molecule is CCCCCC/C=C\C/C=C\CCCCCCCCCC(=O)OCC(O)COP(=O)(O)OCC(NC(=O)CCCCCCCC)C(=O)O. The molecule has 1 amide bonds. The zero-order valence-corrected chi connectivity index (χ0v) is 30.7. The van der Waals surface area contributed by atoms with E-state index in [1.165, 1.54) is 51.4 Å². The minimum atomic E-state index is -4.74. The van der Waals surface area contributed by atoms with E-state index in [9.17, 15) is 34.1 Å². The van der Waals surface area contributed by atoms with E-state index in [0.29, 0.717) is 12.8 Å². The topological polar surface area (TPSA) is 169 Å². The van der Waals surface area contributed by atoms with Gasteiger partial charge < -0.3 is 25.2 Å². The van der Waals surface area contributed by atoms with Crippen molar-refractivity contribution in [2.24, 2.45) is 0 Å². The first-order valence-corrected chi connectivity index (χ1v) is 19.9. The number of phosphoric ester groups is 1. The first-order chi connectivity index (χ1) is 23.1. The van der Waals surface area contributed by atoms with Crippen molar-refractivity contribution >= 4 is 25.7 Å². The third-order valence-corrected chi connectivity index (χ3v) is 8.69. The van der Waals surface area contributed by atoms with Gasteiger partial charge >= 0.3 is 19.8 Å². The Balaban J connectivity index is 3.89. The summed E-state index contributed by atoms with van der Waals surface area (Å²) in [5.74, 6) is -2.39. The van der Waals surface area contributed by atoms with Gasteiger partial charge in [0.05, 0.1) is 13.2 Å². The number of unbranched alkanes of at least 4 members (excludes halogenated alkanes) is 16. The third-order valence-electron chi connectivity index (χ3n) is 7.74. The van der Waals surface area contributed by atoms with Crippen molar-refractivity contribution in [3.8, 4) is 0 Å². The van der Waals surface area contributed by atoms with Gasteiger partial charge in [-0.1, -0.05) is 122 Å². The highest BCUT2D eigenvalue weighted by molar-refractivity contribution is 7.47. The fourth-order valence-electron chi connectivity index (χ4n) is 4.81. The number of nitrogens with one attached hydrogen (secondary N) is 1. The summed E-state index contributed by atoms with van der Waals surface area (Å²) in [5, 5.41) is 21.6. The van der Waals surface area contributed by atoms with E-state index in [1.54, 1.807) is 0 Å². The van der Waals surface area contributed by atoms with E-state index in [1.807, 2.05) is 0 Å². The molecule has 0 aliphatic carbocycles. The lowest BCUT2D eigenvalue weighted by atomic mass is 10.1. The zero-order valence-electron chi connectivity index (χ0n) is 29.8. The lowest BCUT2D eigenvalue weighted by Gasteiger charge is -2.18. The largest absolute Gasteiger partial charge is 0.480 e. The summed E-state index contributed by atoms with van der Waals surface area (Å²) in [6.07, 6.45) is 29.7. The second-order valence-corrected chi connectivity index (χ2v) is 13.9. The van der Waals surface area contributed by atoms with Crippen molar-refractivity contribution in [1.82, 2.24) is 5.32 Å². The number of esters is 1. The fraction of sp³-hybridized carbons (Fsp3) is 0.806. The quantitative estimate of drug-likeness (QED) is 0.0221. The van der Waals surface area contributed by atoms with E-state index in [2.05, 4.69) is 43.5 Å². The first kappa shape index (κ1) is 46.0. The molecule has 0 heterocycles. The van der Waals surface area contributed by atoms with E-state index < -0.39 is 57.6 Å². The molecule has 0 radical (unpaired) electrons. The molecule has 0 aromatic rings. The third kappa shape index (κ3) is 31.2. The van der Waals surface area contributed by atoms with E-state index in [0.717, 1.165) is 64.2 Å². The molecule has 0 aliphatic heterocycles. The van der Waals surface area contributed by atoms with E-state index in [4.69, 9.17) is 13.8 Å². The Kier molecular flexibility index (Phi) is 30.8. The lowest BCUT2D eigenvalue weighted by molar-refractivity contribution is -0.147. The summed E-state index contributed by atoms with van der Waals surface area (Å²) in [4.78, 5) is 45.3. The molecule has 48 heavy (non-hydrogen) atoms. The summed E-state index contributed by atoms with van der Waals surface area (Å²) >= 11 is 0. The molecule has 12 heteroatoms. The molecule has 0 bridgehead atoms. The summed E-state index contributed by atoms with van der Waals surface area (Å²) in [6.45, 7) is 2.45. The number of carboxylic acid groups (broad SMARTS) is 1. The highest BCUT2D eigenvalue weighted by Crippen LogP contribution is 2.43. The zero-order chi connectivity index (χ0) is 35.7. The Bertz CT molecular complexity index is 926. The Labute approximate surface area is 289 Å². The van der Waals surface area contributed by atoms with Gasteiger partial charge in [-0.15, -0.1) is 0 Å². The monoisotopic (exact) mass is 703 g/mol. The predicted molar refractivity (Wildman–Crippen MR) is 189 cm³/mol. The second-order valence-electron chi connectivity index (χ2n) is 12.4. The second kappa shape index (κ2) is 32.2. The average molecular weight is 704 g/mol. The predicted octanol–water partition coefficient (Wildman–Crippen LogP) is 8.33. The molecule has 0 aromatic heterocycles. The summed E-state index contributed by atoms with van der Waals surface area (Å²) < 4.78 is 26.6. The molecule has 0 saturated carbocycles. The molecule has 0 rings (SSSR count). The van der Waals surface area contributed by atoms with Crippen LogP contribution in [-0.4, -0.2) is 64.9 Å². The molecule has 0 spiro atoms. The van der Waals surface area contributed by atoms with E-state index in [-0.39, 0.29) is 12.8 Å². The number of carbonyl (C=O) groups excluding carboxylic acids is 2. The average Bonchev–Trinajstić information content (AvgIpc) is 3.05. The number of aliphatic hydroxyl groups excluding tert-OH is 1. The number of aliphatic carboxylic acids is 1. The maximum absolute atomic E-state index is 12.1. The maximum Gasteiger partial charge on any atom is 0.472 e. The smallest absolute Gasteiger partial charge is 0.472 e.